The molecule has 5 heteroatoms. The molecule has 1 aliphatic rings. The van der Waals surface area contributed by atoms with E-state index in [1.807, 2.05) is 13.0 Å². The van der Waals surface area contributed by atoms with Crippen molar-refractivity contribution in [3.05, 3.63) is 18.1 Å². The van der Waals surface area contributed by atoms with Gasteiger partial charge in [0.15, 0.2) is 0 Å². The number of aryl methyl sites for hydroxylation is 1. The van der Waals surface area contributed by atoms with Gasteiger partial charge < -0.3 is 5.32 Å². The molecule has 0 spiro atoms. The molecule has 2 aromatic rings. The molecule has 90 valence electrons. The van der Waals surface area contributed by atoms with Crippen molar-refractivity contribution >= 4 is 11.6 Å². The Labute approximate surface area is 100 Å². The first-order valence-electron chi connectivity index (χ1n) is 6.14. The standard InChI is InChI=1S/C12H17N5/c1-3-12(4-5-12)7-13-10-6-9(2)16-11-14-8-15-17(10)11/h6,8,13H,3-5,7H2,1-2H3. The van der Waals surface area contributed by atoms with Crippen LogP contribution in [0.2, 0.25) is 0 Å². The number of hydrogen-bond donors (Lipinski definition) is 1. The molecule has 0 radical (unpaired) electrons. The van der Waals surface area contributed by atoms with E-state index in [0.29, 0.717) is 11.2 Å². The Morgan fingerprint density at radius 1 is 1.47 bits per heavy atom. The summed E-state index contributed by atoms with van der Waals surface area (Å²) in [5.41, 5.74) is 1.48. The third-order valence-electron chi connectivity index (χ3n) is 3.73. The summed E-state index contributed by atoms with van der Waals surface area (Å²) in [6, 6.07) is 2.02. The van der Waals surface area contributed by atoms with Gasteiger partial charge in [0.25, 0.3) is 5.78 Å². The molecule has 1 fully saturated rings. The molecule has 0 unspecified atom stereocenters. The summed E-state index contributed by atoms with van der Waals surface area (Å²) >= 11 is 0. The highest BCUT2D eigenvalue weighted by molar-refractivity contribution is 5.45. The van der Waals surface area contributed by atoms with E-state index >= 15 is 0 Å². The number of rotatable bonds is 4. The van der Waals surface area contributed by atoms with E-state index in [2.05, 4.69) is 27.3 Å². The highest BCUT2D eigenvalue weighted by Crippen LogP contribution is 2.48. The average Bonchev–Trinajstić information content (AvgIpc) is 2.96. The third-order valence-corrected chi connectivity index (χ3v) is 3.73. The van der Waals surface area contributed by atoms with Crippen LogP contribution in [0.5, 0.6) is 0 Å². The van der Waals surface area contributed by atoms with Crippen molar-refractivity contribution in [1.29, 1.82) is 0 Å². The second-order valence-electron chi connectivity index (χ2n) is 4.96. The van der Waals surface area contributed by atoms with Crippen LogP contribution in [0.25, 0.3) is 5.78 Å². The van der Waals surface area contributed by atoms with Crippen molar-refractivity contribution in [2.24, 2.45) is 5.41 Å². The minimum atomic E-state index is 0.518. The van der Waals surface area contributed by atoms with Crippen molar-refractivity contribution in [2.75, 3.05) is 11.9 Å². The molecule has 3 rings (SSSR count). The topological polar surface area (TPSA) is 55.1 Å². The van der Waals surface area contributed by atoms with E-state index in [-0.39, 0.29) is 0 Å². The average molecular weight is 231 g/mol. The van der Waals surface area contributed by atoms with Crippen molar-refractivity contribution < 1.29 is 0 Å². The number of nitrogens with zero attached hydrogens (tertiary/aromatic N) is 4. The summed E-state index contributed by atoms with van der Waals surface area (Å²) in [5, 5.41) is 7.68. The number of anilines is 1. The second-order valence-corrected chi connectivity index (χ2v) is 4.96. The van der Waals surface area contributed by atoms with E-state index in [9.17, 15) is 0 Å². The summed E-state index contributed by atoms with van der Waals surface area (Å²) in [7, 11) is 0. The molecular formula is C12H17N5. The van der Waals surface area contributed by atoms with Gasteiger partial charge in [0, 0.05) is 18.3 Å². The molecule has 0 amide bonds. The largest absolute Gasteiger partial charge is 0.369 e. The van der Waals surface area contributed by atoms with Crippen LogP contribution in [0.3, 0.4) is 0 Å². The summed E-state index contributed by atoms with van der Waals surface area (Å²) in [4.78, 5) is 8.45. The van der Waals surface area contributed by atoms with E-state index < -0.39 is 0 Å². The molecule has 2 heterocycles. The fourth-order valence-electron chi connectivity index (χ4n) is 2.17. The Bertz CT molecular complexity index is 541. The third kappa shape index (κ3) is 1.85. The summed E-state index contributed by atoms with van der Waals surface area (Å²) in [5.74, 6) is 1.65. The molecule has 1 aliphatic carbocycles. The molecule has 1 saturated carbocycles. The minimum absolute atomic E-state index is 0.518. The lowest BCUT2D eigenvalue weighted by Crippen LogP contribution is -2.16. The number of aromatic nitrogens is 4. The zero-order valence-corrected chi connectivity index (χ0v) is 10.3. The Hall–Kier alpha value is -1.65. The quantitative estimate of drug-likeness (QED) is 0.874. The monoisotopic (exact) mass is 231 g/mol. The van der Waals surface area contributed by atoms with Crippen molar-refractivity contribution in [2.45, 2.75) is 33.1 Å². The van der Waals surface area contributed by atoms with Gasteiger partial charge in [-0.25, -0.2) is 4.98 Å². The van der Waals surface area contributed by atoms with E-state index in [1.54, 1.807) is 10.8 Å². The molecule has 0 aromatic carbocycles. The maximum atomic E-state index is 4.33. The van der Waals surface area contributed by atoms with Crippen LogP contribution < -0.4 is 5.32 Å². The van der Waals surface area contributed by atoms with Crippen molar-refractivity contribution in [1.82, 2.24) is 19.6 Å². The Morgan fingerprint density at radius 2 is 2.29 bits per heavy atom. The van der Waals surface area contributed by atoms with Crippen LogP contribution >= 0.6 is 0 Å². The van der Waals surface area contributed by atoms with Gasteiger partial charge in [0.2, 0.25) is 0 Å². The highest BCUT2D eigenvalue weighted by Gasteiger charge is 2.40. The van der Waals surface area contributed by atoms with E-state index in [4.69, 9.17) is 0 Å². The zero-order chi connectivity index (χ0) is 11.9. The maximum absolute atomic E-state index is 4.33. The van der Waals surface area contributed by atoms with Gasteiger partial charge in [-0.05, 0) is 31.6 Å². The van der Waals surface area contributed by atoms with Gasteiger partial charge in [-0.2, -0.15) is 14.6 Å². The summed E-state index contributed by atoms with van der Waals surface area (Å²) in [6.45, 7) is 5.26. The predicted molar refractivity (Wildman–Crippen MR) is 66.0 cm³/mol. The molecule has 0 bridgehead atoms. The molecular weight excluding hydrogens is 214 g/mol. The zero-order valence-electron chi connectivity index (χ0n) is 10.3. The first kappa shape index (κ1) is 10.5. The Balaban J connectivity index is 1.86. The fourth-order valence-corrected chi connectivity index (χ4v) is 2.17. The SMILES string of the molecule is CCC1(CNc2cc(C)nc3ncnn23)CC1. The molecule has 0 saturated heterocycles. The highest BCUT2D eigenvalue weighted by atomic mass is 15.3. The Kier molecular flexibility index (Phi) is 2.28. The van der Waals surface area contributed by atoms with Gasteiger partial charge >= 0.3 is 0 Å². The lowest BCUT2D eigenvalue weighted by atomic mass is 10.0. The van der Waals surface area contributed by atoms with Crippen molar-refractivity contribution in [3.63, 3.8) is 0 Å². The van der Waals surface area contributed by atoms with Crippen LogP contribution in [0.15, 0.2) is 12.4 Å². The smallest absolute Gasteiger partial charge is 0.254 e. The lowest BCUT2D eigenvalue weighted by molar-refractivity contribution is 0.520. The fraction of sp³-hybridized carbons (Fsp3) is 0.583. The molecule has 0 atom stereocenters. The normalized spacial score (nSPS) is 17.3. The molecule has 2 aromatic heterocycles. The molecule has 0 aliphatic heterocycles. The first-order valence-corrected chi connectivity index (χ1v) is 6.14. The number of fused-ring (bicyclic) bond motifs is 1. The van der Waals surface area contributed by atoms with Crippen molar-refractivity contribution in [3.8, 4) is 0 Å². The summed E-state index contributed by atoms with van der Waals surface area (Å²) in [6.07, 6.45) is 5.45. The first-order chi connectivity index (χ1) is 8.22. The second kappa shape index (κ2) is 3.68. The minimum Gasteiger partial charge on any atom is -0.369 e. The van der Waals surface area contributed by atoms with Gasteiger partial charge in [0.05, 0.1) is 0 Å². The Morgan fingerprint density at radius 3 is 3.00 bits per heavy atom. The van der Waals surface area contributed by atoms with E-state index in [1.165, 1.54) is 19.3 Å². The van der Waals surface area contributed by atoms with Crippen LogP contribution in [-0.4, -0.2) is 26.1 Å². The number of nitrogens with one attached hydrogen (secondary N) is 1. The molecule has 17 heavy (non-hydrogen) atoms. The van der Waals surface area contributed by atoms with Crippen LogP contribution in [-0.2, 0) is 0 Å². The van der Waals surface area contributed by atoms with Gasteiger partial charge in [-0.1, -0.05) is 6.92 Å². The van der Waals surface area contributed by atoms with Crippen LogP contribution in [0.1, 0.15) is 31.9 Å². The van der Waals surface area contributed by atoms with Crippen LogP contribution in [0, 0.1) is 12.3 Å². The lowest BCUT2D eigenvalue weighted by Gasteiger charge is -2.15. The van der Waals surface area contributed by atoms with E-state index in [0.717, 1.165) is 18.1 Å². The van der Waals surface area contributed by atoms with Crippen LogP contribution in [0.4, 0.5) is 5.82 Å². The van der Waals surface area contributed by atoms with Gasteiger partial charge in [-0.3, -0.25) is 0 Å². The maximum Gasteiger partial charge on any atom is 0.254 e. The number of hydrogen-bond acceptors (Lipinski definition) is 4. The van der Waals surface area contributed by atoms with Gasteiger partial charge in [0.1, 0.15) is 12.1 Å². The molecule has 5 nitrogen and oxygen atoms in total. The summed E-state index contributed by atoms with van der Waals surface area (Å²) < 4.78 is 1.76. The molecule has 1 N–H and O–H groups in total. The van der Waals surface area contributed by atoms with Gasteiger partial charge in [-0.15, -0.1) is 0 Å². The predicted octanol–water partition coefficient (Wildman–Crippen LogP) is 2.03.